The Labute approximate surface area is 139 Å². The van der Waals surface area contributed by atoms with E-state index in [9.17, 15) is 4.79 Å². The summed E-state index contributed by atoms with van der Waals surface area (Å²) in [6, 6.07) is 18.4. The van der Waals surface area contributed by atoms with Crippen molar-refractivity contribution in [1.82, 2.24) is 0 Å². The van der Waals surface area contributed by atoms with Gasteiger partial charge in [-0.1, -0.05) is 35.9 Å². The highest BCUT2D eigenvalue weighted by Gasteiger charge is 2.11. The smallest absolute Gasteiger partial charge is 0.256 e. The lowest BCUT2D eigenvalue weighted by atomic mass is 10.0. The number of amides is 1. The summed E-state index contributed by atoms with van der Waals surface area (Å²) in [5.74, 6) is 0.615. The standard InChI is InChI=1S/C19H16ClNO2/c1-2-23-14-11-9-13(10-12-14)21-19(22)17-7-3-6-16-15(17)5-4-8-18(16)20/h3-12H,2H2,1H3,(H,21,22). The molecule has 0 saturated carbocycles. The van der Waals surface area contributed by atoms with Crippen LogP contribution in [-0.4, -0.2) is 12.5 Å². The van der Waals surface area contributed by atoms with Gasteiger partial charge in [0.25, 0.3) is 5.91 Å². The first-order valence-electron chi connectivity index (χ1n) is 7.40. The minimum Gasteiger partial charge on any atom is -0.494 e. The molecule has 0 bridgehead atoms. The third-order valence-corrected chi connectivity index (χ3v) is 3.87. The zero-order valence-electron chi connectivity index (χ0n) is 12.7. The molecule has 23 heavy (non-hydrogen) atoms. The molecule has 0 aliphatic carbocycles. The van der Waals surface area contributed by atoms with Crippen molar-refractivity contribution in [2.45, 2.75) is 6.92 Å². The molecule has 3 aromatic rings. The second-order valence-corrected chi connectivity index (χ2v) is 5.46. The third-order valence-electron chi connectivity index (χ3n) is 3.54. The largest absolute Gasteiger partial charge is 0.494 e. The molecule has 0 fully saturated rings. The maximum Gasteiger partial charge on any atom is 0.256 e. The van der Waals surface area contributed by atoms with Gasteiger partial charge in [0.15, 0.2) is 0 Å². The Morgan fingerprint density at radius 1 is 1.00 bits per heavy atom. The number of hydrogen-bond acceptors (Lipinski definition) is 2. The van der Waals surface area contributed by atoms with Gasteiger partial charge in [-0.05, 0) is 48.7 Å². The van der Waals surface area contributed by atoms with E-state index in [1.54, 1.807) is 6.07 Å². The van der Waals surface area contributed by atoms with Gasteiger partial charge >= 0.3 is 0 Å². The highest BCUT2D eigenvalue weighted by Crippen LogP contribution is 2.26. The molecular weight excluding hydrogens is 310 g/mol. The number of carbonyl (C=O) groups is 1. The van der Waals surface area contributed by atoms with E-state index < -0.39 is 0 Å². The molecule has 0 unspecified atom stereocenters. The van der Waals surface area contributed by atoms with E-state index >= 15 is 0 Å². The fourth-order valence-corrected chi connectivity index (χ4v) is 2.71. The average Bonchev–Trinajstić information content (AvgIpc) is 2.57. The summed E-state index contributed by atoms with van der Waals surface area (Å²) in [5.41, 5.74) is 1.32. The number of hydrogen-bond donors (Lipinski definition) is 1. The van der Waals surface area contributed by atoms with E-state index in [0.29, 0.717) is 17.2 Å². The first-order chi connectivity index (χ1) is 11.2. The lowest BCUT2D eigenvalue weighted by molar-refractivity contribution is 0.102. The number of ether oxygens (including phenoxy) is 1. The number of carbonyl (C=O) groups excluding carboxylic acids is 1. The van der Waals surface area contributed by atoms with Crippen molar-refractivity contribution in [1.29, 1.82) is 0 Å². The molecule has 0 atom stereocenters. The van der Waals surface area contributed by atoms with Crippen molar-refractivity contribution in [3.8, 4) is 5.75 Å². The molecule has 0 saturated heterocycles. The Kier molecular flexibility index (Phi) is 4.49. The lowest BCUT2D eigenvalue weighted by Gasteiger charge is -2.10. The molecule has 4 heteroatoms. The molecule has 1 amide bonds. The normalized spacial score (nSPS) is 10.5. The fraction of sp³-hybridized carbons (Fsp3) is 0.105. The van der Waals surface area contributed by atoms with E-state index in [2.05, 4.69) is 5.32 Å². The highest BCUT2D eigenvalue weighted by molar-refractivity contribution is 6.36. The molecule has 0 radical (unpaired) electrons. The Hall–Kier alpha value is -2.52. The quantitative estimate of drug-likeness (QED) is 0.721. The molecule has 0 aliphatic rings. The monoisotopic (exact) mass is 325 g/mol. The van der Waals surface area contributed by atoms with Crippen LogP contribution in [0.4, 0.5) is 5.69 Å². The molecule has 3 aromatic carbocycles. The van der Waals surface area contributed by atoms with Gasteiger partial charge in [0.2, 0.25) is 0 Å². The summed E-state index contributed by atoms with van der Waals surface area (Å²) in [5, 5.41) is 5.24. The third kappa shape index (κ3) is 3.30. The maximum atomic E-state index is 12.6. The number of rotatable bonds is 4. The van der Waals surface area contributed by atoms with E-state index in [4.69, 9.17) is 16.3 Å². The van der Waals surface area contributed by atoms with Gasteiger partial charge in [-0.25, -0.2) is 0 Å². The number of anilines is 1. The fourth-order valence-electron chi connectivity index (χ4n) is 2.47. The van der Waals surface area contributed by atoms with Crippen LogP contribution in [0.2, 0.25) is 5.02 Å². The summed E-state index contributed by atoms with van der Waals surface area (Å²) in [4.78, 5) is 12.6. The van der Waals surface area contributed by atoms with Gasteiger partial charge in [-0.2, -0.15) is 0 Å². The first kappa shape index (κ1) is 15.4. The summed E-state index contributed by atoms with van der Waals surface area (Å²) in [6.07, 6.45) is 0. The second kappa shape index (κ2) is 6.71. The SMILES string of the molecule is CCOc1ccc(NC(=O)c2cccc3c(Cl)cccc23)cc1. The van der Waals surface area contributed by atoms with Crippen LogP contribution in [0.5, 0.6) is 5.75 Å². The summed E-state index contributed by atoms with van der Waals surface area (Å²) in [7, 11) is 0. The van der Waals surface area contributed by atoms with Gasteiger partial charge in [0.1, 0.15) is 5.75 Å². The first-order valence-corrected chi connectivity index (χ1v) is 7.78. The Balaban J connectivity index is 1.87. The molecular formula is C19H16ClNO2. The van der Waals surface area contributed by atoms with Crippen LogP contribution in [0.3, 0.4) is 0 Å². The lowest BCUT2D eigenvalue weighted by Crippen LogP contribution is -2.12. The highest BCUT2D eigenvalue weighted by atomic mass is 35.5. The summed E-state index contributed by atoms with van der Waals surface area (Å²) in [6.45, 7) is 2.55. The van der Waals surface area contributed by atoms with Crippen molar-refractivity contribution in [2.75, 3.05) is 11.9 Å². The molecule has 0 aromatic heterocycles. The molecule has 0 spiro atoms. The van der Waals surface area contributed by atoms with Gasteiger partial charge in [-0.3, -0.25) is 4.79 Å². The van der Waals surface area contributed by atoms with Gasteiger partial charge in [-0.15, -0.1) is 0 Å². The number of halogens is 1. The molecule has 3 nitrogen and oxygen atoms in total. The van der Waals surface area contributed by atoms with Gasteiger partial charge < -0.3 is 10.1 Å². The Morgan fingerprint density at radius 3 is 2.43 bits per heavy atom. The minimum atomic E-state index is -0.165. The molecule has 0 heterocycles. The van der Waals surface area contributed by atoms with Crippen molar-refractivity contribution in [3.05, 3.63) is 71.2 Å². The predicted octanol–water partition coefficient (Wildman–Crippen LogP) is 5.14. The summed E-state index contributed by atoms with van der Waals surface area (Å²) >= 11 is 6.20. The van der Waals surface area contributed by atoms with E-state index in [1.165, 1.54) is 0 Å². The average molecular weight is 326 g/mol. The van der Waals surface area contributed by atoms with Crippen LogP contribution in [0.15, 0.2) is 60.7 Å². The predicted molar refractivity (Wildman–Crippen MR) is 94.5 cm³/mol. The van der Waals surface area contributed by atoms with Crippen molar-refractivity contribution in [3.63, 3.8) is 0 Å². The van der Waals surface area contributed by atoms with E-state index in [-0.39, 0.29) is 5.91 Å². The van der Waals surface area contributed by atoms with E-state index in [1.807, 2.05) is 61.5 Å². The summed E-state index contributed by atoms with van der Waals surface area (Å²) < 4.78 is 5.39. The number of fused-ring (bicyclic) bond motifs is 1. The number of benzene rings is 3. The molecule has 116 valence electrons. The van der Waals surface area contributed by atoms with Crippen molar-refractivity contribution >= 4 is 34.0 Å². The Morgan fingerprint density at radius 2 is 1.70 bits per heavy atom. The Bertz CT molecular complexity index is 844. The van der Waals surface area contributed by atoms with Gasteiger partial charge in [0, 0.05) is 21.7 Å². The molecule has 0 aliphatic heterocycles. The topological polar surface area (TPSA) is 38.3 Å². The zero-order valence-corrected chi connectivity index (χ0v) is 13.4. The van der Waals surface area contributed by atoms with Crippen LogP contribution < -0.4 is 10.1 Å². The molecule has 3 rings (SSSR count). The van der Waals surface area contributed by atoms with Crippen LogP contribution in [0, 0.1) is 0 Å². The van der Waals surface area contributed by atoms with Crippen LogP contribution >= 0.6 is 11.6 Å². The van der Waals surface area contributed by atoms with Crippen molar-refractivity contribution < 1.29 is 9.53 Å². The number of nitrogens with one attached hydrogen (secondary N) is 1. The zero-order chi connectivity index (χ0) is 16.2. The van der Waals surface area contributed by atoms with Crippen LogP contribution in [0.1, 0.15) is 17.3 Å². The van der Waals surface area contributed by atoms with Crippen LogP contribution in [0.25, 0.3) is 10.8 Å². The minimum absolute atomic E-state index is 0.165. The second-order valence-electron chi connectivity index (χ2n) is 5.05. The molecule has 1 N–H and O–H groups in total. The van der Waals surface area contributed by atoms with Crippen LogP contribution in [-0.2, 0) is 0 Å². The van der Waals surface area contributed by atoms with Crippen molar-refractivity contribution in [2.24, 2.45) is 0 Å². The maximum absolute atomic E-state index is 12.6. The van der Waals surface area contributed by atoms with E-state index in [0.717, 1.165) is 22.2 Å². The van der Waals surface area contributed by atoms with Gasteiger partial charge in [0.05, 0.1) is 6.61 Å².